The van der Waals surface area contributed by atoms with Crippen molar-refractivity contribution >= 4 is 21.4 Å². The molecule has 0 fully saturated rings. The Bertz CT molecular complexity index is 390. The molecule has 0 atom stereocenters. The number of rotatable bonds is 0. The average molecular weight is 180 g/mol. The fourth-order valence-electron chi connectivity index (χ4n) is 1.29. The Morgan fingerprint density at radius 3 is 2.67 bits per heavy atom. The van der Waals surface area contributed by atoms with E-state index < -0.39 is 0 Å². The number of thiophene rings is 1. The maximum absolute atomic E-state index is 13.1. The van der Waals surface area contributed by atoms with Crippen LogP contribution in [0.2, 0.25) is 0 Å². The van der Waals surface area contributed by atoms with Gasteiger partial charge in [-0.3, -0.25) is 0 Å². The van der Waals surface area contributed by atoms with Crippen LogP contribution < -0.4 is 0 Å². The van der Waals surface area contributed by atoms with E-state index in [4.69, 9.17) is 0 Å². The summed E-state index contributed by atoms with van der Waals surface area (Å²) in [7, 11) is 0. The maximum Gasteiger partial charge on any atom is 0.126 e. The predicted molar refractivity (Wildman–Crippen MR) is 51.3 cm³/mol. The first-order chi connectivity index (χ1) is 5.66. The zero-order valence-corrected chi connectivity index (χ0v) is 7.83. The normalized spacial score (nSPS) is 10.9. The summed E-state index contributed by atoms with van der Waals surface area (Å²) in [4.78, 5) is 1.23. The van der Waals surface area contributed by atoms with Gasteiger partial charge in [0.05, 0.1) is 0 Å². The van der Waals surface area contributed by atoms with Crippen LogP contribution in [0.25, 0.3) is 10.1 Å². The van der Waals surface area contributed by atoms with Gasteiger partial charge in [0.25, 0.3) is 0 Å². The van der Waals surface area contributed by atoms with E-state index in [0.717, 1.165) is 10.9 Å². The van der Waals surface area contributed by atoms with Crippen LogP contribution in [0, 0.1) is 19.7 Å². The van der Waals surface area contributed by atoms with E-state index in [0.29, 0.717) is 0 Å². The number of hydrogen-bond acceptors (Lipinski definition) is 1. The molecule has 0 aliphatic carbocycles. The second kappa shape index (κ2) is 2.56. The van der Waals surface area contributed by atoms with E-state index in [1.54, 1.807) is 24.3 Å². The molecule has 1 heterocycles. The van der Waals surface area contributed by atoms with E-state index in [9.17, 15) is 4.39 Å². The summed E-state index contributed by atoms with van der Waals surface area (Å²) in [6.45, 7) is 3.84. The van der Waals surface area contributed by atoms with Crippen LogP contribution in [0.1, 0.15) is 10.4 Å². The number of fused-ring (bicyclic) bond motifs is 1. The van der Waals surface area contributed by atoms with Crippen LogP contribution in [-0.2, 0) is 0 Å². The highest BCUT2D eigenvalue weighted by Crippen LogP contribution is 2.27. The van der Waals surface area contributed by atoms with Crippen molar-refractivity contribution in [3.63, 3.8) is 0 Å². The van der Waals surface area contributed by atoms with Crippen molar-refractivity contribution in [3.05, 3.63) is 34.5 Å². The van der Waals surface area contributed by atoms with Gasteiger partial charge in [0.2, 0.25) is 0 Å². The second-order valence-corrected chi connectivity index (χ2v) is 4.28. The van der Waals surface area contributed by atoms with Gasteiger partial charge in [-0.25, -0.2) is 4.39 Å². The third-order valence-corrected chi connectivity index (χ3v) is 2.93. The first-order valence-corrected chi connectivity index (χ1v) is 4.65. The molecule has 1 aromatic carbocycles. The number of aryl methyl sites for hydroxylation is 2. The van der Waals surface area contributed by atoms with E-state index >= 15 is 0 Å². The smallest absolute Gasteiger partial charge is 0.126 e. The van der Waals surface area contributed by atoms with E-state index in [1.165, 1.54) is 9.58 Å². The minimum atomic E-state index is -0.111. The Balaban J connectivity index is 2.83. The topological polar surface area (TPSA) is 0 Å². The molecule has 0 bridgehead atoms. The Morgan fingerprint density at radius 2 is 1.92 bits per heavy atom. The van der Waals surface area contributed by atoms with Crippen molar-refractivity contribution in [3.8, 4) is 0 Å². The van der Waals surface area contributed by atoms with Gasteiger partial charge in [-0.2, -0.15) is 0 Å². The van der Waals surface area contributed by atoms with Crippen molar-refractivity contribution in [2.24, 2.45) is 0 Å². The Morgan fingerprint density at radius 1 is 1.17 bits per heavy atom. The summed E-state index contributed by atoms with van der Waals surface area (Å²) in [5.41, 5.74) is 0.726. The Hall–Kier alpha value is -0.890. The van der Waals surface area contributed by atoms with Crippen molar-refractivity contribution in [1.29, 1.82) is 0 Å². The van der Waals surface area contributed by atoms with Gasteiger partial charge >= 0.3 is 0 Å². The average Bonchev–Trinajstić information content (AvgIpc) is 2.30. The summed E-state index contributed by atoms with van der Waals surface area (Å²) in [6, 6.07) is 5.53. The number of benzene rings is 1. The first kappa shape index (κ1) is 7.74. The molecule has 0 unspecified atom stereocenters. The summed E-state index contributed by atoms with van der Waals surface area (Å²) in [5.74, 6) is -0.111. The largest absolute Gasteiger partial charge is 0.207 e. The van der Waals surface area contributed by atoms with Gasteiger partial charge in [0, 0.05) is 9.58 Å². The lowest BCUT2D eigenvalue weighted by molar-refractivity contribution is 0.620. The lowest BCUT2D eigenvalue weighted by Gasteiger charge is -1.94. The monoisotopic (exact) mass is 180 g/mol. The van der Waals surface area contributed by atoms with Gasteiger partial charge in [-0.1, -0.05) is 0 Å². The molecule has 2 aromatic rings. The fourth-order valence-corrected chi connectivity index (χ4v) is 2.30. The van der Waals surface area contributed by atoms with Crippen LogP contribution in [0.15, 0.2) is 18.2 Å². The third-order valence-electron chi connectivity index (χ3n) is 1.92. The van der Waals surface area contributed by atoms with Crippen molar-refractivity contribution in [1.82, 2.24) is 0 Å². The molecule has 0 saturated carbocycles. The SMILES string of the molecule is Cc1cc2cc(F)c(C)cc2s1. The first-order valence-electron chi connectivity index (χ1n) is 3.83. The molecule has 12 heavy (non-hydrogen) atoms. The predicted octanol–water partition coefficient (Wildman–Crippen LogP) is 3.66. The van der Waals surface area contributed by atoms with Gasteiger partial charge in [-0.15, -0.1) is 11.3 Å². The Labute approximate surface area is 74.6 Å². The van der Waals surface area contributed by atoms with Gasteiger partial charge in [0.15, 0.2) is 0 Å². The molecular formula is C10H9FS. The molecule has 0 radical (unpaired) electrons. The van der Waals surface area contributed by atoms with Crippen LogP contribution in [-0.4, -0.2) is 0 Å². The molecule has 62 valence electrons. The van der Waals surface area contributed by atoms with E-state index in [2.05, 4.69) is 0 Å². The van der Waals surface area contributed by atoms with Crippen LogP contribution in [0.5, 0.6) is 0 Å². The molecule has 0 aliphatic heterocycles. The molecule has 2 rings (SSSR count). The summed E-state index contributed by atoms with van der Waals surface area (Å²) in [5, 5.41) is 1.01. The summed E-state index contributed by atoms with van der Waals surface area (Å²) < 4.78 is 14.2. The summed E-state index contributed by atoms with van der Waals surface area (Å²) >= 11 is 1.71. The van der Waals surface area contributed by atoms with Gasteiger partial charge in [0.1, 0.15) is 5.82 Å². The van der Waals surface area contributed by atoms with Crippen molar-refractivity contribution in [2.45, 2.75) is 13.8 Å². The second-order valence-electron chi connectivity index (χ2n) is 3.00. The summed E-state index contributed by atoms with van der Waals surface area (Å²) in [6.07, 6.45) is 0. The Kier molecular flexibility index (Phi) is 1.65. The molecule has 0 spiro atoms. The van der Waals surface area contributed by atoms with Crippen molar-refractivity contribution in [2.75, 3.05) is 0 Å². The van der Waals surface area contributed by atoms with E-state index in [-0.39, 0.29) is 5.82 Å². The maximum atomic E-state index is 13.1. The van der Waals surface area contributed by atoms with Crippen LogP contribution in [0.4, 0.5) is 4.39 Å². The number of hydrogen-bond donors (Lipinski definition) is 0. The minimum Gasteiger partial charge on any atom is -0.207 e. The highest BCUT2D eigenvalue weighted by molar-refractivity contribution is 7.19. The lowest BCUT2D eigenvalue weighted by Crippen LogP contribution is -1.78. The molecule has 0 nitrogen and oxygen atoms in total. The molecule has 2 heteroatoms. The standard InChI is InChI=1S/C10H9FS/c1-6-3-10-8(5-9(6)11)4-7(2)12-10/h3-5H,1-2H3. The highest BCUT2D eigenvalue weighted by Gasteiger charge is 2.02. The molecule has 0 N–H and O–H groups in total. The minimum absolute atomic E-state index is 0.111. The van der Waals surface area contributed by atoms with Crippen LogP contribution >= 0.6 is 11.3 Å². The molecule has 0 aliphatic rings. The van der Waals surface area contributed by atoms with Gasteiger partial charge in [-0.05, 0) is 43.0 Å². The van der Waals surface area contributed by atoms with Crippen molar-refractivity contribution < 1.29 is 4.39 Å². The zero-order valence-electron chi connectivity index (χ0n) is 7.02. The molecular weight excluding hydrogens is 171 g/mol. The molecule has 0 saturated heterocycles. The van der Waals surface area contributed by atoms with Crippen LogP contribution in [0.3, 0.4) is 0 Å². The quantitative estimate of drug-likeness (QED) is 0.580. The molecule has 0 amide bonds. The molecule has 1 aromatic heterocycles. The lowest BCUT2D eigenvalue weighted by atomic mass is 10.2. The van der Waals surface area contributed by atoms with E-state index in [1.807, 2.05) is 19.1 Å². The zero-order chi connectivity index (χ0) is 8.72. The fraction of sp³-hybridized carbons (Fsp3) is 0.200. The van der Waals surface area contributed by atoms with Gasteiger partial charge < -0.3 is 0 Å². The number of halogens is 1. The third kappa shape index (κ3) is 1.12. The highest BCUT2D eigenvalue weighted by atomic mass is 32.1.